The van der Waals surface area contributed by atoms with E-state index >= 15 is 0 Å². The highest BCUT2D eigenvalue weighted by Gasteiger charge is 2.13. The molecule has 0 bridgehead atoms. The summed E-state index contributed by atoms with van der Waals surface area (Å²) >= 11 is 1.57. The number of aromatic carboxylic acids is 1. The Balaban J connectivity index is 2.13. The quantitative estimate of drug-likeness (QED) is 0.833. The molecule has 18 heavy (non-hydrogen) atoms. The fourth-order valence-corrected chi connectivity index (χ4v) is 2.52. The number of carboxylic acids is 1. The Kier molecular flexibility index (Phi) is 2.64. The Morgan fingerprint density at radius 1 is 1.28 bits per heavy atom. The fraction of sp³-hybridized carbons (Fsp3) is 0. The molecule has 0 amide bonds. The maximum Gasteiger partial charge on any atom is 0.335 e. The van der Waals surface area contributed by atoms with Crippen molar-refractivity contribution in [1.82, 2.24) is 0 Å². The van der Waals surface area contributed by atoms with E-state index in [0.29, 0.717) is 0 Å². The summed E-state index contributed by atoms with van der Waals surface area (Å²) in [7, 11) is 0. The molecule has 4 heteroatoms. The van der Waals surface area contributed by atoms with Gasteiger partial charge in [0.25, 0.3) is 0 Å². The lowest BCUT2D eigenvalue weighted by atomic mass is 10.1. The number of benzene rings is 1. The molecule has 1 N–H and O–H groups in total. The molecule has 0 fully saturated rings. The normalized spacial score (nSPS) is 16.2. The number of allylic oxidation sites excluding steroid dienone is 3. The van der Waals surface area contributed by atoms with Gasteiger partial charge in [0.2, 0.25) is 0 Å². The molecule has 0 atom stereocenters. The van der Waals surface area contributed by atoms with Crippen LogP contribution in [0.25, 0.3) is 6.08 Å². The van der Waals surface area contributed by atoms with E-state index in [1.54, 1.807) is 30.0 Å². The third-order valence-corrected chi connectivity index (χ3v) is 3.56. The molecule has 0 aromatic heterocycles. The summed E-state index contributed by atoms with van der Waals surface area (Å²) in [5.41, 5.74) is 2.97. The summed E-state index contributed by atoms with van der Waals surface area (Å²) in [6, 6.07) is 4.98. The molecule has 3 rings (SSSR count). The highest BCUT2D eigenvalue weighted by Crippen LogP contribution is 2.31. The second-order valence-electron chi connectivity index (χ2n) is 3.90. The Morgan fingerprint density at radius 3 is 3.00 bits per heavy atom. The van der Waals surface area contributed by atoms with Gasteiger partial charge in [0, 0.05) is 11.1 Å². The number of thioether (sulfide) groups is 1. The molecule has 0 spiro atoms. The van der Waals surface area contributed by atoms with Gasteiger partial charge in [-0.1, -0.05) is 36.1 Å². The summed E-state index contributed by atoms with van der Waals surface area (Å²) in [5.74, 6) is -0.921. The van der Waals surface area contributed by atoms with Gasteiger partial charge >= 0.3 is 5.97 Å². The SMILES string of the molecule is O=C(O)c1ccc2c(c1)C=CC1=CC=CSC1=N2. The first-order valence-corrected chi connectivity index (χ1v) is 6.30. The van der Waals surface area contributed by atoms with Gasteiger partial charge in [0.1, 0.15) is 5.04 Å². The van der Waals surface area contributed by atoms with Crippen LogP contribution >= 0.6 is 11.8 Å². The number of rotatable bonds is 1. The lowest BCUT2D eigenvalue weighted by Gasteiger charge is -2.06. The minimum absolute atomic E-state index is 0.281. The maximum atomic E-state index is 10.9. The lowest BCUT2D eigenvalue weighted by molar-refractivity contribution is 0.0697. The zero-order chi connectivity index (χ0) is 12.5. The van der Waals surface area contributed by atoms with E-state index < -0.39 is 5.97 Å². The van der Waals surface area contributed by atoms with Crippen LogP contribution in [0.5, 0.6) is 0 Å². The zero-order valence-electron chi connectivity index (χ0n) is 9.33. The van der Waals surface area contributed by atoms with Gasteiger partial charge in [-0.05, 0) is 23.6 Å². The van der Waals surface area contributed by atoms with Crippen LogP contribution in [0.3, 0.4) is 0 Å². The van der Waals surface area contributed by atoms with Crippen LogP contribution in [0.1, 0.15) is 15.9 Å². The van der Waals surface area contributed by atoms with Crippen molar-refractivity contribution in [2.24, 2.45) is 4.99 Å². The van der Waals surface area contributed by atoms with E-state index in [9.17, 15) is 4.79 Å². The molecule has 2 heterocycles. The molecule has 0 saturated heterocycles. The Bertz CT molecular complexity index is 654. The second-order valence-corrected chi connectivity index (χ2v) is 4.79. The van der Waals surface area contributed by atoms with Crippen LogP contribution in [0, 0.1) is 0 Å². The molecule has 1 aromatic carbocycles. The molecular formula is C14H9NO2S. The molecule has 0 unspecified atom stereocenters. The molecule has 0 radical (unpaired) electrons. The second kappa shape index (κ2) is 4.31. The van der Waals surface area contributed by atoms with Crippen LogP contribution in [0.2, 0.25) is 0 Å². The number of hydrogen-bond acceptors (Lipinski definition) is 3. The number of carboxylic acid groups (broad SMARTS) is 1. The van der Waals surface area contributed by atoms with Gasteiger partial charge in [-0.3, -0.25) is 0 Å². The third-order valence-electron chi connectivity index (χ3n) is 2.72. The van der Waals surface area contributed by atoms with Gasteiger partial charge in [-0.2, -0.15) is 0 Å². The number of fused-ring (bicyclic) bond motifs is 2. The largest absolute Gasteiger partial charge is 0.478 e. The monoisotopic (exact) mass is 255 g/mol. The van der Waals surface area contributed by atoms with Crippen molar-refractivity contribution in [3.63, 3.8) is 0 Å². The third kappa shape index (κ3) is 1.91. The van der Waals surface area contributed by atoms with Crippen molar-refractivity contribution in [3.05, 3.63) is 58.5 Å². The van der Waals surface area contributed by atoms with E-state index in [2.05, 4.69) is 4.99 Å². The van der Waals surface area contributed by atoms with E-state index in [0.717, 1.165) is 21.9 Å². The summed E-state index contributed by atoms with van der Waals surface area (Å²) in [6.07, 6.45) is 7.84. The molecule has 0 aliphatic carbocycles. The summed E-state index contributed by atoms with van der Waals surface area (Å²) in [4.78, 5) is 15.5. The van der Waals surface area contributed by atoms with Gasteiger partial charge in [0.15, 0.2) is 0 Å². The number of carbonyl (C=O) groups is 1. The van der Waals surface area contributed by atoms with Crippen molar-refractivity contribution in [2.45, 2.75) is 0 Å². The average molecular weight is 255 g/mol. The summed E-state index contributed by atoms with van der Waals surface area (Å²) in [6.45, 7) is 0. The van der Waals surface area contributed by atoms with E-state index in [1.165, 1.54) is 0 Å². The standard InChI is InChI=1S/C14H9NO2S/c16-14(17)11-5-6-12-10(8-11)4-3-9-2-1-7-18-13(9)15-12/h1-8H,(H,16,17). The first-order chi connectivity index (χ1) is 8.74. The molecule has 88 valence electrons. The van der Waals surface area contributed by atoms with Gasteiger partial charge < -0.3 is 5.11 Å². The van der Waals surface area contributed by atoms with Crippen molar-refractivity contribution in [1.29, 1.82) is 0 Å². The molecule has 2 aliphatic heterocycles. The highest BCUT2D eigenvalue weighted by atomic mass is 32.2. The summed E-state index contributed by atoms with van der Waals surface area (Å²) < 4.78 is 0. The molecule has 1 aromatic rings. The first-order valence-electron chi connectivity index (χ1n) is 5.42. The van der Waals surface area contributed by atoms with Crippen LogP contribution in [0.4, 0.5) is 5.69 Å². The van der Waals surface area contributed by atoms with Crippen molar-refractivity contribution in [2.75, 3.05) is 0 Å². The smallest absolute Gasteiger partial charge is 0.335 e. The maximum absolute atomic E-state index is 10.9. The minimum Gasteiger partial charge on any atom is -0.478 e. The fourth-order valence-electron chi connectivity index (χ4n) is 1.82. The molecule has 2 aliphatic rings. The predicted octanol–water partition coefficient (Wildman–Crippen LogP) is 3.63. The number of nitrogens with zero attached hydrogens (tertiary/aromatic N) is 1. The van der Waals surface area contributed by atoms with Gasteiger partial charge in [-0.15, -0.1) is 0 Å². The Hall–Kier alpha value is -2.07. The highest BCUT2D eigenvalue weighted by molar-refractivity contribution is 8.17. The summed E-state index contributed by atoms with van der Waals surface area (Å²) in [5, 5.41) is 11.9. The van der Waals surface area contributed by atoms with Crippen molar-refractivity contribution >= 4 is 34.5 Å². The number of hydrogen-bond donors (Lipinski definition) is 1. The molecule has 0 saturated carbocycles. The molecular weight excluding hydrogens is 246 g/mol. The first kappa shape index (κ1) is 11.0. The van der Waals surface area contributed by atoms with Gasteiger partial charge in [-0.25, -0.2) is 9.79 Å². The van der Waals surface area contributed by atoms with Crippen LogP contribution < -0.4 is 0 Å². The topological polar surface area (TPSA) is 49.7 Å². The number of aliphatic imine (C=N–C) groups is 1. The van der Waals surface area contributed by atoms with Crippen LogP contribution in [0.15, 0.2) is 52.4 Å². The zero-order valence-corrected chi connectivity index (χ0v) is 10.1. The Labute approximate surface area is 108 Å². The Morgan fingerprint density at radius 2 is 2.17 bits per heavy atom. The van der Waals surface area contributed by atoms with Crippen molar-refractivity contribution < 1.29 is 9.90 Å². The van der Waals surface area contributed by atoms with Gasteiger partial charge in [0.05, 0.1) is 11.3 Å². The predicted molar refractivity (Wildman–Crippen MR) is 74.3 cm³/mol. The molecule has 3 nitrogen and oxygen atoms in total. The van der Waals surface area contributed by atoms with Crippen molar-refractivity contribution in [3.8, 4) is 0 Å². The minimum atomic E-state index is -0.921. The average Bonchev–Trinajstić information content (AvgIpc) is 2.56. The van der Waals surface area contributed by atoms with Crippen LogP contribution in [-0.4, -0.2) is 16.1 Å². The van der Waals surface area contributed by atoms with Crippen LogP contribution in [-0.2, 0) is 0 Å². The van der Waals surface area contributed by atoms with E-state index in [-0.39, 0.29) is 5.56 Å². The van der Waals surface area contributed by atoms with E-state index in [4.69, 9.17) is 5.11 Å². The van der Waals surface area contributed by atoms with E-state index in [1.807, 2.05) is 29.7 Å². The lowest BCUT2D eigenvalue weighted by Crippen LogP contribution is -1.96.